The summed E-state index contributed by atoms with van der Waals surface area (Å²) < 4.78 is 5.17. The molecule has 1 amide bonds. The summed E-state index contributed by atoms with van der Waals surface area (Å²) in [5, 5.41) is 45.6. The van der Waals surface area contributed by atoms with E-state index in [9.17, 15) is 34.8 Å². The molecule has 11 nitrogen and oxygen atoms in total. The number of anilines is 1. The van der Waals surface area contributed by atoms with Crippen LogP contribution in [0.3, 0.4) is 0 Å². The molecule has 0 bridgehead atoms. The van der Waals surface area contributed by atoms with Crippen molar-refractivity contribution in [1.82, 2.24) is 4.90 Å². The Labute approximate surface area is 248 Å². The molecule has 224 valence electrons. The van der Waals surface area contributed by atoms with Crippen LogP contribution in [-0.4, -0.2) is 89.7 Å². The highest BCUT2D eigenvalue weighted by Gasteiger charge is 2.63. The third kappa shape index (κ3) is 4.42. The van der Waals surface area contributed by atoms with E-state index in [4.69, 9.17) is 10.5 Å². The van der Waals surface area contributed by atoms with E-state index in [-0.39, 0.29) is 29.5 Å². The molecule has 4 atom stereocenters. The summed E-state index contributed by atoms with van der Waals surface area (Å²) in [6, 6.07) is 7.62. The van der Waals surface area contributed by atoms with E-state index >= 15 is 0 Å². The Bertz CT molecular complexity index is 1690. The average molecular weight is 588 g/mol. The Balaban J connectivity index is 1.68. The second-order valence-corrected chi connectivity index (χ2v) is 11.5. The summed E-state index contributed by atoms with van der Waals surface area (Å²) in [5.41, 5.74) is 3.50. The number of benzene rings is 2. The third-order valence-corrected chi connectivity index (χ3v) is 8.61. The maximum absolute atomic E-state index is 14.1. The van der Waals surface area contributed by atoms with E-state index in [1.54, 1.807) is 70.5 Å². The number of ether oxygens (including phenoxy) is 1. The van der Waals surface area contributed by atoms with Crippen LogP contribution in [0.5, 0.6) is 11.5 Å². The summed E-state index contributed by atoms with van der Waals surface area (Å²) in [6.45, 7) is 0. The van der Waals surface area contributed by atoms with Gasteiger partial charge in [-0.05, 0) is 68.8 Å². The van der Waals surface area contributed by atoms with Gasteiger partial charge in [0.15, 0.2) is 11.4 Å². The van der Waals surface area contributed by atoms with Crippen molar-refractivity contribution in [2.75, 3.05) is 40.2 Å². The normalized spacial score (nSPS) is 24.6. The number of methoxy groups -OCH3 is 1. The monoisotopic (exact) mass is 587 g/mol. The Kier molecular flexibility index (Phi) is 7.24. The molecule has 0 radical (unpaired) electrons. The predicted octanol–water partition coefficient (Wildman–Crippen LogP) is 1.59. The van der Waals surface area contributed by atoms with Gasteiger partial charge in [0.05, 0.1) is 24.3 Å². The number of fused-ring (bicyclic) bond motifs is 3. The fraction of sp³-hybridized carbons (Fsp3) is 0.344. The SMILES string of the molecule is COc1ccc(C#Cc2cc(N(C)C)c3c(c2O)C(=O)C2=C(O)[C@@]4(O)C(=O)C(C(N)=O)=C(O)[C@H](N(C)C)[C@H]4C[C@H]2C3)cc1. The number of carbonyl (C=O) groups excluding carboxylic acids is 3. The van der Waals surface area contributed by atoms with Crippen LogP contribution in [0.2, 0.25) is 0 Å². The van der Waals surface area contributed by atoms with Gasteiger partial charge >= 0.3 is 0 Å². The number of aromatic hydroxyl groups is 1. The van der Waals surface area contributed by atoms with Gasteiger partial charge in [0.2, 0.25) is 5.78 Å². The van der Waals surface area contributed by atoms with Crippen LogP contribution < -0.4 is 15.4 Å². The van der Waals surface area contributed by atoms with E-state index in [1.165, 1.54) is 4.90 Å². The summed E-state index contributed by atoms with van der Waals surface area (Å²) in [7, 11) is 8.30. The van der Waals surface area contributed by atoms with Gasteiger partial charge in [0.25, 0.3) is 5.91 Å². The number of allylic oxidation sites excluding steroid dienone is 1. The highest BCUT2D eigenvalue weighted by Crippen LogP contribution is 2.53. The van der Waals surface area contributed by atoms with Gasteiger partial charge in [-0.1, -0.05) is 11.8 Å². The third-order valence-electron chi connectivity index (χ3n) is 8.61. The fourth-order valence-electron chi connectivity index (χ4n) is 6.61. The molecule has 11 heteroatoms. The van der Waals surface area contributed by atoms with Crippen molar-refractivity contribution in [3.05, 3.63) is 75.3 Å². The second kappa shape index (κ2) is 10.5. The lowest BCUT2D eigenvalue weighted by Crippen LogP contribution is -2.63. The number of phenols is 1. The van der Waals surface area contributed by atoms with Crippen molar-refractivity contribution in [2.24, 2.45) is 17.6 Å². The van der Waals surface area contributed by atoms with Crippen LogP contribution in [0.4, 0.5) is 5.69 Å². The first-order valence-corrected chi connectivity index (χ1v) is 13.6. The minimum absolute atomic E-state index is 0.0123. The van der Waals surface area contributed by atoms with E-state index in [2.05, 4.69) is 11.8 Å². The average Bonchev–Trinajstić information content (AvgIpc) is 2.94. The highest BCUT2D eigenvalue weighted by atomic mass is 16.5. The van der Waals surface area contributed by atoms with Crippen LogP contribution in [0.15, 0.2) is 53.0 Å². The highest BCUT2D eigenvalue weighted by molar-refractivity contribution is 6.25. The van der Waals surface area contributed by atoms with E-state index in [1.807, 2.05) is 0 Å². The van der Waals surface area contributed by atoms with Gasteiger partial charge in [0.1, 0.15) is 28.6 Å². The number of carbonyl (C=O) groups is 3. The van der Waals surface area contributed by atoms with Crippen molar-refractivity contribution in [3.8, 4) is 23.3 Å². The molecule has 5 rings (SSSR count). The predicted molar refractivity (Wildman–Crippen MR) is 157 cm³/mol. The maximum Gasteiger partial charge on any atom is 0.255 e. The van der Waals surface area contributed by atoms with Crippen molar-refractivity contribution in [1.29, 1.82) is 0 Å². The Hall–Kier alpha value is -4.79. The zero-order valence-electron chi connectivity index (χ0n) is 24.4. The lowest BCUT2D eigenvalue weighted by molar-refractivity contribution is -0.148. The molecular weight excluding hydrogens is 554 g/mol. The number of likely N-dealkylation sites (N-methyl/N-ethyl adjacent to an activating group) is 1. The quantitative estimate of drug-likeness (QED) is 0.261. The number of hydrogen-bond donors (Lipinski definition) is 5. The first kappa shape index (κ1) is 29.7. The molecule has 3 aliphatic carbocycles. The van der Waals surface area contributed by atoms with E-state index in [0.717, 1.165) is 0 Å². The molecule has 43 heavy (non-hydrogen) atoms. The van der Waals surface area contributed by atoms with Gasteiger partial charge in [-0.15, -0.1) is 0 Å². The maximum atomic E-state index is 14.1. The van der Waals surface area contributed by atoms with Gasteiger partial charge < -0.3 is 35.8 Å². The number of amides is 1. The molecule has 0 fully saturated rings. The van der Waals surface area contributed by atoms with Gasteiger partial charge in [0, 0.05) is 36.8 Å². The minimum Gasteiger partial charge on any atom is -0.510 e. The molecule has 6 N–H and O–H groups in total. The number of rotatable bonds is 4. The Morgan fingerprint density at radius 1 is 1.07 bits per heavy atom. The lowest BCUT2D eigenvalue weighted by Gasteiger charge is -2.50. The number of primary amides is 1. The molecule has 0 unspecified atom stereocenters. The number of aliphatic hydroxyl groups excluding tert-OH is 2. The Morgan fingerprint density at radius 2 is 1.72 bits per heavy atom. The van der Waals surface area contributed by atoms with Crippen LogP contribution >= 0.6 is 0 Å². The summed E-state index contributed by atoms with van der Waals surface area (Å²) in [6.07, 6.45) is 0.195. The van der Waals surface area contributed by atoms with Crippen LogP contribution in [0, 0.1) is 23.7 Å². The van der Waals surface area contributed by atoms with Crippen molar-refractivity contribution in [2.45, 2.75) is 24.5 Å². The van der Waals surface area contributed by atoms with Gasteiger partial charge in [-0.25, -0.2) is 0 Å². The van der Waals surface area contributed by atoms with Gasteiger partial charge in [-0.2, -0.15) is 0 Å². The number of ketones is 2. The van der Waals surface area contributed by atoms with Crippen LogP contribution in [-0.2, 0) is 16.0 Å². The smallest absolute Gasteiger partial charge is 0.255 e. The first-order chi connectivity index (χ1) is 20.2. The van der Waals surface area contributed by atoms with E-state index in [0.29, 0.717) is 22.6 Å². The van der Waals surface area contributed by atoms with Crippen molar-refractivity contribution >= 4 is 23.2 Å². The lowest BCUT2D eigenvalue weighted by atomic mass is 9.58. The molecule has 0 aliphatic heterocycles. The molecule has 0 spiro atoms. The minimum atomic E-state index is -2.70. The standard InChI is InChI=1S/C32H33N3O8/c1-34(2)21-14-16(9-6-15-7-10-18(43-5)11-8-15)26(36)23-19(21)12-17-13-20-25(35(3)4)28(38)24(31(33)41)30(40)32(20,42)29(39)22(17)27(23)37/h7-8,10-11,14,17,20,25,36,38-39,42H,12-13H2,1-5H3,(H2,33,41)/t17-,20-,25-,32-/m1/s1. The Morgan fingerprint density at radius 3 is 2.28 bits per heavy atom. The molecule has 0 saturated heterocycles. The first-order valence-electron chi connectivity index (χ1n) is 13.6. The molecule has 2 aromatic carbocycles. The number of nitrogens with two attached hydrogens (primary N) is 1. The number of aliphatic hydroxyl groups is 3. The van der Waals surface area contributed by atoms with Crippen LogP contribution in [0.1, 0.15) is 33.5 Å². The summed E-state index contributed by atoms with van der Waals surface area (Å²) >= 11 is 0. The van der Waals surface area contributed by atoms with E-state index < -0.39 is 63.8 Å². The number of nitrogens with zero attached hydrogens (tertiary/aromatic N) is 2. The molecule has 0 saturated carbocycles. The van der Waals surface area contributed by atoms with Crippen molar-refractivity contribution < 1.29 is 39.5 Å². The van der Waals surface area contributed by atoms with Crippen molar-refractivity contribution in [3.63, 3.8) is 0 Å². The molecule has 0 aromatic heterocycles. The summed E-state index contributed by atoms with van der Waals surface area (Å²) in [5.74, 6) is -0.430. The number of hydrogen-bond acceptors (Lipinski definition) is 10. The van der Waals surface area contributed by atoms with Gasteiger partial charge in [-0.3, -0.25) is 19.3 Å². The zero-order valence-corrected chi connectivity index (χ0v) is 24.4. The zero-order chi connectivity index (χ0) is 31.5. The second-order valence-electron chi connectivity index (χ2n) is 11.5. The molecular formula is C32H33N3O8. The molecule has 0 heterocycles. The largest absolute Gasteiger partial charge is 0.510 e. The number of phenolic OH excluding ortho intramolecular Hbond substituents is 1. The molecule has 2 aromatic rings. The molecule has 3 aliphatic rings. The van der Waals surface area contributed by atoms with Crippen LogP contribution in [0.25, 0.3) is 0 Å². The number of Topliss-reactive ketones (excluding diaryl/α,β-unsaturated/α-hetero) is 2. The summed E-state index contributed by atoms with van der Waals surface area (Å²) in [4.78, 5) is 43.1. The fourth-order valence-corrected chi connectivity index (χ4v) is 6.61. The topological polar surface area (TPSA) is 174 Å².